The molecule has 0 saturated heterocycles. The zero-order chi connectivity index (χ0) is 14.8. The van der Waals surface area contributed by atoms with Crippen molar-refractivity contribution >= 4 is 21.4 Å². The third-order valence-electron chi connectivity index (χ3n) is 2.62. The third kappa shape index (κ3) is 3.00. The Hall–Kier alpha value is -2.28. The van der Waals surface area contributed by atoms with Gasteiger partial charge in [0.25, 0.3) is 10.0 Å². The summed E-state index contributed by atoms with van der Waals surface area (Å²) in [6.07, 6.45) is 0. The lowest BCUT2D eigenvalue weighted by Gasteiger charge is -2.09. The van der Waals surface area contributed by atoms with E-state index in [1.807, 2.05) is 0 Å². The van der Waals surface area contributed by atoms with E-state index in [4.69, 9.17) is 10.5 Å². The summed E-state index contributed by atoms with van der Waals surface area (Å²) in [5.74, 6) is -0.137. The first-order valence-electron chi connectivity index (χ1n) is 5.64. The summed E-state index contributed by atoms with van der Waals surface area (Å²) in [5, 5.41) is 0. The van der Waals surface area contributed by atoms with Crippen LogP contribution in [0.25, 0.3) is 0 Å². The van der Waals surface area contributed by atoms with Crippen LogP contribution in [0.2, 0.25) is 0 Å². The summed E-state index contributed by atoms with van der Waals surface area (Å²) in [5.41, 5.74) is 5.39. The Balaban J connectivity index is 2.27. The minimum absolute atomic E-state index is 0.0441. The van der Waals surface area contributed by atoms with Crippen LogP contribution in [-0.2, 0) is 10.0 Å². The van der Waals surface area contributed by atoms with E-state index >= 15 is 0 Å². The minimum Gasteiger partial charge on any atom is -0.497 e. The van der Waals surface area contributed by atoms with Gasteiger partial charge in [-0.3, -0.25) is 4.72 Å². The monoisotopic (exact) mass is 296 g/mol. The Kier molecular flexibility index (Phi) is 3.80. The summed E-state index contributed by atoms with van der Waals surface area (Å²) >= 11 is 0. The molecule has 7 heteroatoms. The zero-order valence-corrected chi connectivity index (χ0v) is 11.4. The normalized spacial score (nSPS) is 11.1. The van der Waals surface area contributed by atoms with E-state index in [9.17, 15) is 12.8 Å². The predicted molar refractivity (Wildman–Crippen MR) is 74.6 cm³/mol. The summed E-state index contributed by atoms with van der Waals surface area (Å²) in [4.78, 5) is 0.0514. The standard InChI is InChI=1S/C13H13FN2O3S/c1-19-10-3-5-11(6-4-10)20(17,18)16-9-2-7-13(15)12(14)8-9/h2-8,16H,15H2,1H3. The van der Waals surface area contributed by atoms with Gasteiger partial charge < -0.3 is 10.5 Å². The maximum Gasteiger partial charge on any atom is 0.261 e. The van der Waals surface area contributed by atoms with Gasteiger partial charge in [-0.1, -0.05) is 0 Å². The number of halogens is 1. The maximum absolute atomic E-state index is 13.3. The van der Waals surface area contributed by atoms with Gasteiger partial charge in [-0.25, -0.2) is 12.8 Å². The number of benzene rings is 2. The molecule has 20 heavy (non-hydrogen) atoms. The summed E-state index contributed by atoms with van der Waals surface area (Å²) in [7, 11) is -2.30. The zero-order valence-electron chi connectivity index (χ0n) is 10.6. The number of nitrogens with two attached hydrogens (primary N) is 1. The van der Waals surface area contributed by atoms with Crippen molar-refractivity contribution in [1.82, 2.24) is 0 Å². The molecule has 106 valence electrons. The molecule has 0 saturated carbocycles. The Morgan fingerprint density at radius 1 is 1.15 bits per heavy atom. The highest BCUT2D eigenvalue weighted by Crippen LogP contribution is 2.21. The number of hydrogen-bond acceptors (Lipinski definition) is 4. The van der Waals surface area contributed by atoms with E-state index in [-0.39, 0.29) is 16.3 Å². The first kappa shape index (κ1) is 14.1. The van der Waals surface area contributed by atoms with Crippen LogP contribution in [0.3, 0.4) is 0 Å². The van der Waals surface area contributed by atoms with Crippen molar-refractivity contribution in [3.8, 4) is 5.75 Å². The summed E-state index contributed by atoms with van der Waals surface area (Å²) in [6, 6.07) is 9.55. The fourth-order valence-corrected chi connectivity index (χ4v) is 2.61. The first-order valence-corrected chi connectivity index (χ1v) is 7.12. The predicted octanol–water partition coefficient (Wildman–Crippen LogP) is 2.22. The average Bonchev–Trinajstić information content (AvgIpc) is 2.43. The molecule has 0 spiro atoms. The van der Waals surface area contributed by atoms with Crippen molar-refractivity contribution in [2.45, 2.75) is 4.90 Å². The van der Waals surface area contributed by atoms with Gasteiger partial charge in [0.2, 0.25) is 0 Å². The molecule has 0 bridgehead atoms. The van der Waals surface area contributed by atoms with Crippen molar-refractivity contribution in [2.75, 3.05) is 17.6 Å². The number of rotatable bonds is 4. The quantitative estimate of drug-likeness (QED) is 0.848. The van der Waals surface area contributed by atoms with Gasteiger partial charge in [0.15, 0.2) is 0 Å². The highest BCUT2D eigenvalue weighted by molar-refractivity contribution is 7.92. The molecule has 3 N–H and O–H groups in total. The fraction of sp³-hybridized carbons (Fsp3) is 0.0769. The molecule has 0 aliphatic heterocycles. The van der Waals surface area contributed by atoms with Crippen molar-refractivity contribution in [3.05, 3.63) is 48.3 Å². The SMILES string of the molecule is COc1ccc(S(=O)(=O)Nc2ccc(N)c(F)c2)cc1. The number of nitrogen functional groups attached to an aromatic ring is 1. The molecule has 0 fully saturated rings. The molecule has 0 amide bonds. The third-order valence-corrected chi connectivity index (χ3v) is 4.02. The molecule has 0 aromatic heterocycles. The minimum atomic E-state index is -3.78. The smallest absolute Gasteiger partial charge is 0.261 e. The van der Waals surface area contributed by atoms with Crippen LogP contribution >= 0.6 is 0 Å². The molecular weight excluding hydrogens is 283 g/mol. The van der Waals surface area contributed by atoms with Gasteiger partial charge >= 0.3 is 0 Å². The first-order chi connectivity index (χ1) is 9.42. The Morgan fingerprint density at radius 2 is 1.80 bits per heavy atom. The lowest BCUT2D eigenvalue weighted by molar-refractivity contribution is 0.414. The van der Waals surface area contributed by atoms with Gasteiger partial charge in [-0.2, -0.15) is 0 Å². The summed E-state index contributed by atoms with van der Waals surface area (Å²) in [6.45, 7) is 0. The number of hydrogen-bond donors (Lipinski definition) is 2. The van der Waals surface area contributed by atoms with E-state index in [0.717, 1.165) is 6.07 Å². The fourth-order valence-electron chi connectivity index (χ4n) is 1.56. The number of nitrogens with one attached hydrogen (secondary N) is 1. The molecule has 2 aromatic carbocycles. The molecule has 0 aliphatic carbocycles. The van der Waals surface area contributed by atoms with Gasteiger partial charge in [-0.15, -0.1) is 0 Å². The lowest BCUT2D eigenvalue weighted by Crippen LogP contribution is -2.13. The molecular formula is C13H13FN2O3S. The number of ether oxygens (including phenoxy) is 1. The Labute approximate surface area is 116 Å². The molecule has 5 nitrogen and oxygen atoms in total. The molecule has 0 atom stereocenters. The van der Waals surface area contributed by atoms with E-state index < -0.39 is 15.8 Å². The van der Waals surface area contributed by atoms with Crippen LogP contribution in [0.15, 0.2) is 47.4 Å². The molecule has 0 radical (unpaired) electrons. The molecule has 0 aliphatic rings. The lowest BCUT2D eigenvalue weighted by atomic mass is 10.3. The van der Waals surface area contributed by atoms with Crippen molar-refractivity contribution in [3.63, 3.8) is 0 Å². The van der Waals surface area contributed by atoms with Crippen LogP contribution in [-0.4, -0.2) is 15.5 Å². The van der Waals surface area contributed by atoms with Crippen LogP contribution in [0.5, 0.6) is 5.75 Å². The molecule has 0 heterocycles. The van der Waals surface area contributed by atoms with Crippen molar-refractivity contribution in [2.24, 2.45) is 0 Å². The molecule has 2 rings (SSSR count). The largest absolute Gasteiger partial charge is 0.497 e. The van der Waals surface area contributed by atoms with Crippen LogP contribution in [0, 0.1) is 5.82 Å². The molecule has 0 unspecified atom stereocenters. The van der Waals surface area contributed by atoms with Crippen LogP contribution in [0.1, 0.15) is 0 Å². The second-order valence-corrected chi connectivity index (χ2v) is 5.70. The van der Waals surface area contributed by atoms with Gasteiger partial charge in [0, 0.05) is 6.07 Å². The second-order valence-electron chi connectivity index (χ2n) is 4.02. The van der Waals surface area contributed by atoms with Gasteiger partial charge in [-0.05, 0) is 36.4 Å². The number of anilines is 2. The maximum atomic E-state index is 13.3. The van der Waals surface area contributed by atoms with E-state index in [1.54, 1.807) is 0 Å². The average molecular weight is 296 g/mol. The van der Waals surface area contributed by atoms with E-state index in [1.165, 1.54) is 43.5 Å². The van der Waals surface area contributed by atoms with Crippen molar-refractivity contribution < 1.29 is 17.5 Å². The molecule has 2 aromatic rings. The van der Waals surface area contributed by atoms with Crippen LogP contribution in [0.4, 0.5) is 15.8 Å². The van der Waals surface area contributed by atoms with Crippen molar-refractivity contribution in [1.29, 1.82) is 0 Å². The highest BCUT2D eigenvalue weighted by atomic mass is 32.2. The number of sulfonamides is 1. The van der Waals surface area contributed by atoms with Gasteiger partial charge in [0.1, 0.15) is 11.6 Å². The van der Waals surface area contributed by atoms with E-state index in [0.29, 0.717) is 5.75 Å². The Morgan fingerprint density at radius 3 is 2.35 bits per heavy atom. The second kappa shape index (κ2) is 5.38. The van der Waals surface area contributed by atoms with Crippen LogP contribution < -0.4 is 15.2 Å². The topological polar surface area (TPSA) is 81.4 Å². The highest BCUT2D eigenvalue weighted by Gasteiger charge is 2.14. The summed E-state index contributed by atoms with van der Waals surface area (Å²) < 4.78 is 44.7. The van der Waals surface area contributed by atoms with Gasteiger partial charge in [0.05, 0.1) is 23.4 Å². The Bertz CT molecular complexity index is 715. The van der Waals surface area contributed by atoms with E-state index in [2.05, 4.69) is 4.72 Å². The number of methoxy groups -OCH3 is 1.